The molecule has 0 bridgehead atoms. The summed E-state index contributed by atoms with van der Waals surface area (Å²) in [7, 11) is 0. The van der Waals surface area contributed by atoms with Crippen LogP contribution >= 0.6 is 11.6 Å². The molecule has 4 aromatic rings. The fraction of sp³-hybridized carbons (Fsp3) is 0.407. The molecular formula is C54H95ClN14O6Tc2-4. The van der Waals surface area contributed by atoms with Gasteiger partial charge >= 0.3 is 0 Å². The molecule has 23 heteroatoms. The topological polar surface area (TPSA) is 450 Å². The molecule has 0 atom stereocenters. The zero-order valence-electron chi connectivity index (χ0n) is 45.7. The van der Waals surface area contributed by atoms with Crippen LogP contribution in [0.5, 0.6) is 0 Å². The molecular weight excluding hydrogens is 1170 g/mol. The van der Waals surface area contributed by atoms with Crippen LogP contribution in [0.3, 0.4) is 0 Å². The van der Waals surface area contributed by atoms with Crippen LogP contribution in [0, 0.1) is 57.8 Å². The summed E-state index contributed by atoms with van der Waals surface area (Å²) in [6.07, 6.45) is 25.7. The summed E-state index contributed by atoms with van der Waals surface area (Å²) >= 11 is 5.61. The van der Waals surface area contributed by atoms with E-state index in [1.165, 1.54) is 116 Å². The minimum absolute atomic E-state index is 0. The third-order valence-corrected chi connectivity index (χ3v) is 12.0. The van der Waals surface area contributed by atoms with Gasteiger partial charge in [-0.15, -0.1) is 21.8 Å². The molecule has 0 saturated heterocycles. The Kier molecular flexibility index (Phi) is 64.4. The van der Waals surface area contributed by atoms with Gasteiger partial charge < -0.3 is 85.5 Å². The van der Waals surface area contributed by atoms with Crippen molar-refractivity contribution in [2.75, 3.05) is 23.3 Å². The molecule has 0 heterocycles. The summed E-state index contributed by atoms with van der Waals surface area (Å²) in [5.41, 5.74) is 33.6. The number of nitrogens with one attached hydrogen (secondary N) is 5. The summed E-state index contributed by atoms with van der Waals surface area (Å²) < 4.78 is 0. The molecule has 20 nitrogen and oxygen atoms in total. The number of amidine groups is 4. The third kappa shape index (κ3) is 38.2. The van der Waals surface area contributed by atoms with Gasteiger partial charge in [0.15, 0.2) is 0 Å². The number of nitrogens with two attached hydrogens (primary N) is 4. The van der Waals surface area contributed by atoms with Gasteiger partial charge in [0, 0.05) is 74.9 Å². The number of halogens is 1. The zero-order valence-corrected chi connectivity index (χ0v) is 50.2. The predicted octanol–water partition coefficient (Wildman–Crippen LogP) is 9.51. The Morgan fingerprint density at radius 1 is 0.416 bits per heavy atom. The number of nitrogen functional groups attached to an aromatic ring is 3. The molecule has 4 fully saturated rings. The fourth-order valence-electron chi connectivity index (χ4n) is 7.58. The summed E-state index contributed by atoms with van der Waals surface area (Å²) in [6, 6.07) is 28.4. The molecule has 4 aliphatic carbocycles. The molecule has 0 spiro atoms. The summed E-state index contributed by atoms with van der Waals surface area (Å²) in [6.45, 7) is 0.819. The van der Waals surface area contributed by atoms with Crippen molar-refractivity contribution < 1.29 is 73.1 Å². The van der Waals surface area contributed by atoms with Crippen LogP contribution in [-0.2, 0) is 40.2 Å². The van der Waals surface area contributed by atoms with Crippen molar-refractivity contribution in [3.8, 4) is 0 Å². The van der Waals surface area contributed by atoms with Crippen LogP contribution in [-0.4, -0.2) is 68.6 Å². The molecule has 4 aromatic carbocycles. The maximum Gasteiger partial charge on any atom is 0.125 e. The maximum absolute atomic E-state index is 7.37. The van der Waals surface area contributed by atoms with Crippen LogP contribution in [0.4, 0.5) is 22.7 Å². The Balaban J connectivity index is -0.000000118. The molecule has 0 unspecified atom stereocenters. The first kappa shape index (κ1) is 91.4. The van der Waals surface area contributed by atoms with Crippen LogP contribution in [0.15, 0.2) is 123 Å². The summed E-state index contributed by atoms with van der Waals surface area (Å²) in [5.74, 6) is 3.09. The predicted molar refractivity (Wildman–Crippen MR) is 319 cm³/mol. The molecule has 2 radical (unpaired) electrons. The van der Waals surface area contributed by atoms with E-state index in [9.17, 15) is 0 Å². The van der Waals surface area contributed by atoms with Gasteiger partial charge in [-0.05, 0) is 135 Å². The van der Waals surface area contributed by atoms with Crippen molar-refractivity contribution in [1.82, 2.24) is 0 Å². The first-order valence-electron chi connectivity index (χ1n) is 23.2. The van der Waals surface area contributed by atoms with Gasteiger partial charge in [0.25, 0.3) is 0 Å². The van der Waals surface area contributed by atoms with Gasteiger partial charge in [0.1, 0.15) is 23.3 Å². The molecule has 25 N–H and O–H groups in total. The quantitative estimate of drug-likeness (QED) is 0.0156. The van der Waals surface area contributed by atoms with E-state index < -0.39 is 0 Å². The van der Waals surface area contributed by atoms with Crippen molar-refractivity contribution in [2.45, 2.75) is 116 Å². The van der Waals surface area contributed by atoms with Crippen molar-refractivity contribution in [3.63, 3.8) is 0 Å². The van der Waals surface area contributed by atoms with Crippen molar-refractivity contribution in [2.24, 2.45) is 60.4 Å². The zero-order chi connectivity index (χ0) is 46.5. The van der Waals surface area contributed by atoms with E-state index in [-0.39, 0.29) is 120 Å². The Morgan fingerprint density at radius 2 is 0.675 bits per heavy atom. The van der Waals surface area contributed by atoms with E-state index in [0.29, 0.717) is 34.1 Å². The van der Waals surface area contributed by atoms with E-state index in [1.807, 2.05) is 24.3 Å². The monoisotopic (exact) mass is 1260 g/mol. The first-order chi connectivity index (χ1) is 31.6. The number of anilines is 2. The van der Waals surface area contributed by atoms with Crippen LogP contribution < -0.4 is 33.8 Å². The standard InChI is InChI=1S/C20H25N7.C14H15N7.C6H11Cl.2C5H10.4CH3.6H2O.2Tc/c21-19(22)15-5-9-17(10-6-15)25-27-26-18-11-7-16(8-12-18)20(23)24-13-14-3-1-2-4-14;15-13(16)9-1-5-11(6-2-9)19-21-20-12-7-3-10(4-8-12)14(17)18;7-5-6-3-1-2-4-6;2*1-2-4-5-3-1;;;;;;;;;;;;/h5-12,14H,1-4,13H2,(H3,21,22)(H2,23,24)(H,25,26);1-8H,(H3,15,16)(H3,17,18)(H,19,20);6H,1-5H2;2*1-5H2;4*1H3;6*1H2;;/q;;;;;4*-1;;;;;;;;. The van der Waals surface area contributed by atoms with E-state index in [1.54, 1.807) is 72.8 Å². The minimum Gasteiger partial charge on any atom is -0.412 e. The number of rotatable bonds is 13. The van der Waals surface area contributed by atoms with Gasteiger partial charge in [0.2, 0.25) is 0 Å². The van der Waals surface area contributed by atoms with E-state index in [0.717, 1.165) is 41.0 Å². The Morgan fingerprint density at radius 3 is 0.935 bits per heavy atom. The van der Waals surface area contributed by atoms with Crippen molar-refractivity contribution >= 4 is 57.7 Å². The normalized spacial score (nSPS) is 13.5. The average molecular weight is 1270 g/mol. The fourth-order valence-corrected chi connectivity index (χ4v) is 7.89. The van der Waals surface area contributed by atoms with Crippen LogP contribution in [0.25, 0.3) is 0 Å². The molecule has 0 aromatic heterocycles. The molecule has 442 valence electrons. The number of hydrogen-bond acceptors (Lipinski definition) is 8. The van der Waals surface area contributed by atoms with E-state index in [4.69, 9.17) is 50.8 Å². The number of hydrogen-bond donors (Lipinski definition) is 9. The second-order valence-corrected chi connectivity index (χ2v) is 17.1. The molecule has 0 amide bonds. The Hall–Kier alpha value is -5.09. The second-order valence-electron chi connectivity index (χ2n) is 16.8. The minimum atomic E-state index is 0. The van der Waals surface area contributed by atoms with Crippen molar-refractivity contribution in [1.29, 1.82) is 16.2 Å². The molecule has 77 heavy (non-hydrogen) atoms. The maximum atomic E-state index is 7.37. The van der Waals surface area contributed by atoms with E-state index >= 15 is 0 Å². The average Bonchev–Trinajstić information content (AvgIpc) is 4.20. The van der Waals surface area contributed by atoms with E-state index in [2.05, 4.69) is 36.5 Å². The smallest absolute Gasteiger partial charge is 0.125 e. The second kappa shape index (κ2) is 54.3. The molecule has 4 aliphatic rings. The Labute approximate surface area is 492 Å². The Bertz CT molecular complexity index is 2080. The van der Waals surface area contributed by atoms with Crippen molar-refractivity contribution in [3.05, 3.63) is 149 Å². The first-order valence-corrected chi connectivity index (χ1v) is 23.8. The van der Waals surface area contributed by atoms with Gasteiger partial charge in [-0.3, -0.25) is 32.1 Å². The summed E-state index contributed by atoms with van der Waals surface area (Å²) in [5, 5.41) is 37.9. The van der Waals surface area contributed by atoms with Gasteiger partial charge in [-0.25, -0.2) is 0 Å². The molecule has 8 rings (SSSR count). The largest absolute Gasteiger partial charge is 0.412 e. The molecule has 0 aliphatic heterocycles. The number of benzene rings is 4. The van der Waals surface area contributed by atoms with Gasteiger partial charge in [-0.1, -0.05) is 100 Å². The summed E-state index contributed by atoms with van der Waals surface area (Å²) in [4.78, 5) is 4.53. The number of alkyl halides is 1. The number of nitrogens with zero attached hydrogens (tertiary/aromatic N) is 5. The molecule has 4 saturated carbocycles. The van der Waals surface area contributed by atoms with Gasteiger partial charge in [-0.2, -0.15) is 0 Å². The van der Waals surface area contributed by atoms with Crippen LogP contribution in [0.2, 0.25) is 0 Å². The van der Waals surface area contributed by atoms with Crippen LogP contribution in [0.1, 0.15) is 138 Å². The number of aliphatic imine (C=N–C) groups is 1. The SMILES string of the molecule is C1CCCC1.C1CCCC1.ClCC1CCCC1.N=C(N)c1ccc(N=NNc2ccc(C(=N)N)cc2)cc1.N=C(N)c1ccc(NN=Nc2ccc(C(N)=NCC3CCCC3)cc2)cc1.O.O.O.O.O.O.[CH3-].[CH3-].[CH3-].[CH3-].[Tc].[Tc]. The van der Waals surface area contributed by atoms with Gasteiger partial charge in [0.05, 0.1) is 22.7 Å². The third-order valence-electron chi connectivity index (χ3n) is 11.6.